The monoisotopic (exact) mass is 560 g/mol. The second kappa shape index (κ2) is 12.3. The van der Waals surface area contributed by atoms with Crippen LogP contribution in [0.5, 0.6) is 0 Å². The molecule has 0 spiro atoms. The number of aryl methyl sites for hydroxylation is 1. The standard InChI is InChI=1S/C36H32S3/c1-2-3-4-5-7-26-9-11-28(12-10-26)33-21-22-35(38-33)30-17-19-31(20-18-30)36-24-23-34(39-36)29-15-13-27(14-16-29)32-8-6-25-37-32/h6,8-25H,2-5,7H2,1H3. The van der Waals surface area contributed by atoms with E-state index >= 15 is 0 Å². The van der Waals surface area contributed by atoms with E-state index in [-0.39, 0.29) is 0 Å². The summed E-state index contributed by atoms with van der Waals surface area (Å²) in [6, 6.07) is 40.5. The number of thiophene rings is 3. The van der Waals surface area contributed by atoms with E-state index in [0.717, 1.165) is 0 Å². The van der Waals surface area contributed by atoms with Gasteiger partial charge in [-0.3, -0.25) is 0 Å². The minimum Gasteiger partial charge on any atom is -0.144 e. The van der Waals surface area contributed by atoms with Gasteiger partial charge in [0, 0.05) is 24.4 Å². The lowest BCUT2D eigenvalue weighted by atomic mass is 10.0. The van der Waals surface area contributed by atoms with Gasteiger partial charge in [0.15, 0.2) is 0 Å². The average molecular weight is 561 g/mol. The maximum Gasteiger partial charge on any atom is 0.0349 e. The SMILES string of the molecule is CCCCCCc1ccc(-c2ccc(-c3ccc(-c4ccc(-c5ccc(-c6cccs6)cc5)s4)cc3)s2)cc1. The van der Waals surface area contributed by atoms with Gasteiger partial charge in [-0.05, 0) is 81.9 Å². The molecule has 3 heterocycles. The fraction of sp³-hybridized carbons (Fsp3) is 0.167. The fourth-order valence-corrected chi connectivity index (χ4v) is 7.70. The highest BCUT2D eigenvalue weighted by molar-refractivity contribution is 7.19. The summed E-state index contributed by atoms with van der Waals surface area (Å²) in [5.41, 5.74) is 7.88. The molecule has 0 fully saturated rings. The summed E-state index contributed by atoms with van der Waals surface area (Å²) in [6.07, 6.45) is 6.46. The summed E-state index contributed by atoms with van der Waals surface area (Å²) in [6.45, 7) is 2.27. The smallest absolute Gasteiger partial charge is 0.0349 e. The van der Waals surface area contributed by atoms with Crippen LogP contribution in [0.2, 0.25) is 0 Å². The van der Waals surface area contributed by atoms with Crippen LogP contribution in [0.4, 0.5) is 0 Å². The molecular formula is C36H32S3. The van der Waals surface area contributed by atoms with Crippen molar-refractivity contribution in [3.05, 3.63) is 120 Å². The van der Waals surface area contributed by atoms with Crippen LogP contribution in [-0.2, 0) is 6.42 Å². The van der Waals surface area contributed by atoms with Gasteiger partial charge < -0.3 is 0 Å². The number of rotatable bonds is 10. The third-order valence-corrected chi connectivity index (χ3v) is 10.5. The number of hydrogen-bond donors (Lipinski definition) is 0. The third kappa shape index (κ3) is 6.17. The van der Waals surface area contributed by atoms with E-state index in [1.54, 1.807) is 11.3 Å². The molecule has 0 saturated heterocycles. The summed E-state index contributed by atoms with van der Waals surface area (Å²) in [7, 11) is 0. The lowest BCUT2D eigenvalue weighted by Gasteiger charge is -2.03. The van der Waals surface area contributed by atoms with Gasteiger partial charge in [-0.25, -0.2) is 0 Å². The van der Waals surface area contributed by atoms with Crippen molar-refractivity contribution in [2.45, 2.75) is 39.0 Å². The Morgan fingerprint density at radius 2 is 0.872 bits per heavy atom. The first kappa shape index (κ1) is 26.0. The van der Waals surface area contributed by atoms with Crippen LogP contribution in [-0.4, -0.2) is 0 Å². The van der Waals surface area contributed by atoms with Gasteiger partial charge in [-0.1, -0.05) is 105 Å². The third-order valence-electron chi connectivity index (χ3n) is 7.20. The molecule has 0 aliphatic carbocycles. The largest absolute Gasteiger partial charge is 0.144 e. The van der Waals surface area contributed by atoms with Crippen LogP contribution in [0.1, 0.15) is 38.2 Å². The highest BCUT2D eigenvalue weighted by atomic mass is 32.1. The van der Waals surface area contributed by atoms with Crippen molar-refractivity contribution >= 4 is 34.0 Å². The van der Waals surface area contributed by atoms with Crippen LogP contribution in [0, 0.1) is 0 Å². The number of unbranched alkanes of at least 4 members (excludes halogenated alkanes) is 3. The van der Waals surface area contributed by atoms with Crippen LogP contribution < -0.4 is 0 Å². The van der Waals surface area contributed by atoms with Gasteiger partial charge >= 0.3 is 0 Å². The van der Waals surface area contributed by atoms with Crippen molar-refractivity contribution in [3.63, 3.8) is 0 Å². The first-order valence-electron chi connectivity index (χ1n) is 13.8. The number of hydrogen-bond acceptors (Lipinski definition) is 3. The first-order valence-corrected chi connectivity index (χ1v) is 16.3. The summed E-state index contributed by atoms with van der Waals surface area (Å²) in [5.74, 6) is 0. The van der Waals surface area contributed by atoms with E-state index < -0.39 is 0 Å². The van der Waals surface area contributed by atoms with Crippen molar-refractivity contribution in [3.8, 4) is 52.2 Å². The highest BCUT2D eigenvalue weighted by Gasteiger charge is 2.09. The van der Waals surface area contributed by atoms with Gasteiger partial charge in [0.05, 0.1) is 0 Å². The molecule has 6 rings (SSSR count). The fourth-order valence-electron chi connectivity index (χ4n) is 4.93. The molecule has 0 radical (unpaired) electrons. The molecule has 0 N–H and O–H groups in total. The Balaban J connectivity index is 1.12. The van der Waals surface area contributed by atoms with Crippen molar-refractivity contribution in [2.75, 3.05) is 0 Å². The van der Waals surface area contributed by atoms with Crippen molar-refractivity contribution < 1.29 is 0 Å². The topological polar surface area (TPSA) is 0 Å². The van der Waals surface area contributed by atoms with E-state index in [1.165, 1.54) is 89.9 Å². The summed E-state index contributed by atoms with van der Waals surface area (Å²) in [4.78, 5) is 6.58. The average Bonchev–Trinajstić information content (AvgIpc) is 3.79. The summed E-state index contributed by atoms with van der Waals surface area (Å²) in [5, 5.41) is 2.13. The Hall–Kier alpha value is -3.24. The lowest BCUT2D eigenvalue weighted by Crippen LogP contribution is -1.85. The molecule has 0 bridgehead atoms. The molecule has 0 nitrogen and oxygen atoms in total. The van der Waals surface area contributed by atoms with Crippen molar-refractivity contribution in [2.24, 2.45) is 0 Å². The van der Waals surface area contributed by atoms with E-state index in [9.17, 15) is 0 Å². The maximum atomic E-state index is 2.31. The normalized spacial score (nSPS) is 11.2. The van der Waals surface area contributed by atoms with Gasteiger partial charge in [0.25, 0.3) is 0 Å². The van der Waals surface area contributed by atoms with Gasteiger partial charge in [0.1, 0.15) is 0 Å². The van der Waals surface area contributed by atoms with Crippen molar-refractivity contribution in [1.29, 1.82) is 0 Å². The lowest BCUT2D eigenvalue weighted by molar-refractivity contribution is 0.667. The Morgan fingerprint density at radius 3 is 1.28 bits per heavy atom. The molecular weight excluding hydrogens is 529 g/mol. The van der Waals surface area contributed by atoms with E-state index in [4.69, 9.17) is 0 Å². The number of benzene rings is 3. The zero-order valence-electron chi connectivity index (χ0n) is 22.2. The molecule has 3 heteroatoms. The Bertz CT molecular complexity index is 1600. The van der Waals surface area contributed by atoms with E-state index in [0.29, 0.717) is 0 Å². The maximum absolute atomic E-state index is 2.31. The molecule has 0 atom stereocenters. The van der Waals surface area contributed by atoms with E-state index in [2.05, 4.69) is 121 Å². The molecule has 0 saturated carbocycles. The predicted octanol–water partition coefficient (Wildman–Crippen LogP) is 12.3. The zero-order chi connectivity index (χ0) is 26.4. The predicted molar refractivity (Wildman–Crippen MR) is 175 cm³/mol. The Kier molecular flexibility index (Phi) is 8.20. The highest BCUT2D eigenvalue weighted by Crippen LogP contribution is 2.38. The van der Waals surface area contributed by atoms with E-state index in [1.807, 2.05) is 22.7 Å². The summed E-state index contributed by atoms with van der Waals surface area (Å²) < 4.78 is 0. The Labute approximate surface area is 244 Å². The molecule has 39 heavy (non-hydrogen) atoms. The quantitative estimate of drug-likeness (QED) is 0.146. The molecule has 0 aliphatic rings. The first-order chi connectivity index (χ1) is 19.3. The molecule has 0 amide bonds. The second-order valence-corrected chi connectivity index (χ2v) is 13.1. The second-order valence-electron chi connectivity index (χ2n) is 9.97. The van der Waals surface area contributed by atoms with Crippen LogP contribution in [0.25, 0.3) is 52.2 Å². The van der Waals surface area contributed by atoms with Crippen LogP contribution in [0.3, 0.4) is 0 Å². The molecule has 0 aliphatic heterocycles. The van der Waals surface area contributed by atoms with Gasteiger partial charge in [-0.2, -0.15) is 0 Å². The van der Waals surface area contributed by atoms with Crippen LogP contribution >= 0.6 is 34.0 Å². The minimum absolute atomic E-state index is 1.19. The van der Waals surface area contributed by atoms with Crippen LogP contribution in [0.15, 0.2) is 115 Å². The van der Waals surface area contributed by atoms with Gasteiger partial charge in [-0.15, -0.1) is 34.0 Å². The van der Waals surface area contributed by atoms with Gasteiger partial charge in [0.2, 0.25) is 0 Å². The molecule has 6 aromatic rings. The summed E-state index contributed by atoms with van der Waals surface area (Å²) >= 11 is 5.52. The zero-order valence-corrected chi connectivity index (χ0v) is 24.7. The molecule has 3 aromatic heterocycles. The molecule has 194 valence electrons. The molecule has 0 unspecified atom stereocenters. The van der Waals surface area contributed by atoms with Crippen molar-refractivity contribution in [1.82, 2.24) is 0 Å². The molecule has 3 aromatic carbocycles. The minimum atomic E-state index is 1.19. The Morgan fingerprint density at radius 1 is 0.436 bits per heavy atom.